The zero-order valence-electron chi connectivity index (χ0n) is 10.3. The molecule has 3 unspecified atom stereocenters. The zero-order chi connectivity index (χ0) is 13.2. The minimum Gasteiger partial charge on any atom is -0.347 e. The van der Waals surface area contributed by atoms with Gasteiger partial charge in [0.15, 0.2) is 0 Å². The molecule has 102 valence electrons. The number of hydrogen-bond acceptors (Lipinski definition) is 2. The summed E-state index contributed by atoms with van der Waals surface area (Å²) >= 11 is 0. The number of nitrogens with zero attached hydrogens (tertiary/aromatic N) is 1. The summed E-state index contributed by atoms with van der Waals surface area (Å²) in [6.07, 6.45) is 1.50. The summed E-state index contributed by atoms with van der Waals surface area (Å²) in [4.78, 5) is 6.99. The van der Waals surface area contributed by atoms with Crippen LogP contribution >= 0.6 is 0 Å². The predicted octanol–water partition coefficient (Wildman–Crippen LogP) is 3.18. The number of H-pyrrole nitrogens is 1. The Morgan fingerprint density at radius 2 is 2.11 bits per heavy atom. The van der Waals surface area contributed by atoms with Crippen LogP contribution in [0.1, 0.15) is 44.5 Å². The molecule has 2 N–H and O–H groups in total. The van der Waals surface area contributed by atoms with Gasteiger partial charge < -0.3 is 10.3 Å². The van der Waals surface area contributed by atoms with Crippen LogP contribution in [0.2, 0.25) is 0 Å². The highest BCUT2D eigenvalue weighted by atomic mass is 19.4. The van der Waals surface area contributed by atoms with Crippen molar-refractivity contribution in [2.24, 2.45) is 5.92 Å². The van der Waals surface area contributed by atoms with E-state index in [1.807, 2.05) is 6.92 Å². The molecule has 0 radical (unpaired) electrons. The highest BCUT2D eigenvalue weighted by Crippen LogP contribution is 2.38. The second-order valence-electron chi connectivity index (χ2n) is 4.90. The number of nitrogens with one attached hydrogen (secondary N) is 2. The standard InChI is InChI=1S/C12H18F3N3/c1-8(11-16-6-7-17-11)18-10-5-3-2-4-9(10)12(13,14)15/h6-10,18H,2-5H2,1H3,(H,16,17). The van der Waals surface area contributed by atoms with Crippen molar-refractivity contribution in [3.05, 3.63) is 18.2 Å². The molecule has 1 aromatic rings. The molecule has 1 fully saturated rings. The van der Waals surface area contributed by atoms with Crippen LogP contribution in [-0.4, -0.2) is 22.2 Å². The van der Waals surface area contributed by atoms with Gasteiger partial charge in [-0.2, -0.15) is 13.2 Å². The Morgan fingerprint density at radius 3 is 2.72 bits per heavy atom. The van der Waals surface area contributed by atoms with Gasteiger partial charge in [-0.05, 0) is 19.8 Å². The molecule has 3 atom stereocenters. The van der Waals surface area contributed by atoms with Crippen molar-refractivity contribution >= 4 is 0 Å². The fourth-order valence-electron chi connectivity index (χ4n) is 2.64. The fraction of sp³-hybridized carbons (Fsp3) is 0.750. The molecule has 1 heterocycles. The molecule has 0 saturated heterocycles. The van der Waals surface area contributed by atoms with E-state index in [-0.39, 0.29) is 12.5 Å². The maximum Gasteiger partial charge on any atom is 0.393 e. The number of hydrogen-bond donors (Lipinski definition) is 2. The fourth-order valence-corrected chi connectivity index (χ4v) is 2.64. The van der Waals surface area contributed by atoms with Crippen molar-refractivity contribution in [2.75, 3.05) is 0 Å². The van der Waals surface area contributed by atoms with E-state index in [2.05, 4.69) is 15.3 Å². The largest absolute Gasteiger partial charge is 0.393 e. The molecule has 0 aromatic carbocycles. The lowest BCUT2D eigenvalue weighted by Gasteiger charge is -2.35. The topological polar surface area (TPSA) is 40.7 Å². The van der Waals surface area contributed by atoms with E-state index < -0.39 is 18.1 Å². The monoisotopic (exact) mass is 261 g/mol. The van der Waals surface area contributed by atoms with Crippen molar-refractivity contribution in [3.63, 3.8) is 0 Å². The van der Waals surface area contributed by atoms with Crippen molar-refractivity contribution < 1.29 is 13.2 Å². The summed E-state index contributed by atoms with van der Waals surface area (Å²) < 4.78 is 38.8. The Bertz CT molecular complexity index is 361. The predicted molar refractivity (Wildman–Crippen MR) is 61.9 cm³/mol. The minimum absolute atomic E-state index is 0.187. The first-order valence-corrected chi connectivity index (χ1v) is 6.30. The summed E-state index contributed by atoms with van der Waals surface area (Å²) in [5.74, 6) is -0.551. The van der Waals surface area contributed by atoms with Crippen LogP contribution in [0, 0.1) is 5.92 Å². The van der Waals surface area contributed by atoms with E-state index in [0.29, 0.717) is 18.7 Å². The van der Waals surface area contributed by atoms with Gasteiger partial charge in [0, 0.05) is 18.4 Å². The van der Waals surface area contributed by atoms with Gasteiger partial charge in [-0.1, -0.05) is 12.8 Å². The van der Waals surface area contributed by atoms with Crippen molar-refractivity contribution in [1.29, 1.82) is 0 Å². The summed E-state index contributed by atoms with van der Waals surface area (Å²) in [7, 11) is 0. The van der Waals surface area contributed by atoms with E-state index in [1.54, 1.807) is 12.4 Å². The van der Waals surface area contributed by atoms with Gasteiger partial charge in [-0.25, -0.2) is 4.98 Å². The second kappa shape index (κ2) is 5.30. The van der Waals surface area contributed by atoms with Crippen LogP contribution in [0.3, 0.4) is 0 Å². The molecule has 1 aliphatic rings. The summed E-state index contributed by atoms with van der Waals surface area (Å²) in [5.41, 5.74) is 0. The Balaban J connectivity index is 2.01. The maximum atomic E-state index is 12.9. The highest BCUT2D eigenvalue weighted by Gasteiger charge is 2.45. The third-order valence-electron chi connectivity index (χ3n) is 3.58. The number of aromatic nitrogens is 2. The number of rotatable bonds is 3. The second-order valence-corrected chi connectivity index (χ2v) is 4.90. The molecule has 0 bridgehead atoms. The highest BCUT2D eigenvalue weighted by molar-refractivity contribution is 4.96. The lowest BCUT2D eigenvalue weighted by molar-refractivity contribution is -0.189. The third-order valence-corrected chi connectivity index (χ3v) is 3.58. The first-order valence-electron chi connectivity index (χ1n) is 6.30. The summed E-state index contributed by atoms with van der Waals surface area (Å²) in [6, 6.07) is -0.688. The molecular weight excluding hydrogens is 243 g/mol. The van der Waals surface area contributed by atoms with E-state index in [1.165, 1.54) is 0 Å². The summed E-state index contributed by atoms with van der Waals surface area (Å²) in [5, 5.41) is 3.06. The van der Waals surface area contributed by atoms with Crippen LogP contribution in [0.5, 0.6) is 0 Å². The maximum absolute atomic E-state index is 12.9. The Labute approximate surface area is 104 Å². The van der Waals surface area contributed by atoms with E-state index in [4.69, 9.17) is 0 Å². The van der Waals surface area contributed by atoms with Crippen LogP contribution in [0.25, 0.3) is 0 Å². The Hall–Kier alpha value is -1.04. The van der Waals surface area contributed by atoms with Gasteiger partial charge in [0.2, 0.25) is 0 Å². The molecule has 6 heteroatoms. The molecule has 1 aromatic heterocycles. The normalized spacial score (nSPS) is 27.1. The van der Waals surface area contributed by atoms with Gasteiger partial charge in [0.1, 0.15) is 5.82 Å². The minimum atomic E-state index is -4.11. The van der Waals surface area contributed by atoms with Gasteiger partial charge in [0.05, 0.1) is 12.0 Å². The molecule has 3 nitrogen and oxygen atoms in total. The lowest BCUT2D eigenvalue weighted by atomic mass is 9.83. The third kappa shape index (κ3) is 3.04. The Morgan fingerprint density at radius 1 is 1.39 bits per heavy atom. The molecule has 1 saturated carbocycles. The van der Waals surface area contributed by atoms with E-state index >= 15 is 0 Å². The van der Waals surface area contributed by atoms with E-state index in [9.17, 15) is 13.2 Å². The SMILES string of the molecule is CC(NC1CCCCC1C(F)(F)F)c1ncc[nH]1. The molecule has 2 rings (SSSR count). The van der Waals surface area contributed by atoms with Gasteiger partial charge in [-0.3, -0.25) is 0 Å². The quantitative estimate of drug-likeness (QED) is 0.877. The van der Waals surface area contributed by atoms with Crippen LogP contribution in [-0.2, 0) is 0 Å². The Kier molecular flexibility index (Phi) is 3.94. The molecule has 0 spiro atoms. The number of halogens is 3. The van der Waals surface area contributed by atoms with Gasteiger partial charge >= 0.3 is 6.18 Å². The lowest BCUT2D eigenvalue weighted by Crippen LogP contribution is -2.46. The smallest absolute Gasteiger partial charge is 0.347 e. The molecule has 1 aliphatic carbocycles. The van der Waals surface area contributed by atoms with Crippen molar-refractivity contribution in [1.82, 2.24) is 15.3 Å². The van der Waals surface area contributed by atoms with Crippen molar-refractivity contribution in [3.8, 4) is 0 Å². The van der Waals surface area contributed by atoms with Crippen molar-refractivity contribution in [2.45, 2.75) is 50.9 Å². The van der Waals surface area contributed by atoms with Crippen LogP contribution in [0.15, 0.2) is 12.4 Å². The zero-order valence-corrected chi connectivity index (χ0v) is 10.3. The summed E-state index contributed by atoms with van der Waals surface area (Å²) in [6.45, 7) is 1.83. The molecular formula is C12H18F3N3. The van der Waals surface area contributed by atoms with E-state index in [0.717, 1.165) is 6.42 Å². The average molecular weight is 261 g/mol. The molecule has 0 amide bonds. The molecule has 0 aliphatic heterocycles. The molecule has 18 heavy (non-hydrogen) atoms. The average Bonchev–Trinajstić information content (AvgIpc) is 2.81. The van der Waals surface area contributed by atoms with Gasteiger partial charge in [0.25, 0.3) is 0 Å². The first kappa shape index (κ1) is 13.4. The number of imidazole rings is 1. The first-order chi connectivity index (χ1) is 8.48. The van der Waals surface area contributed by atoms with Crippen LogP contribution < -0.4 is 5.32 Å². The van der Waals surface area contributed by atoms with Gasteiger partial charge in [-0.15, -0.1) is 0 Å². The number of alkyl halides is 3. The van der Waals surface area contributed by atoms with Crippen LogP contribution in [0.4, 0.5) is 13.2 Å². The number of aromatic amines is 1.